The molecule has 0 bridgehead atoms. The Morgan fingerprint density at radius 3 is 2.50 bits per heavy atom. The van der Waals surface area contributed by atoms with Crippen molar-refractivity contribution in [2.45, 2.75) is 45.6 Å². The largest absolute Gasteiger partial charge is 0.356 e. The number of rotatable bonds is 7. The maximum absolute atomic E-state index is 11.1. The molecule has 0 unspecified atom stereocenters. The fourth-order valence-corrected chi connectivity index (χ4v) is 1.18. The fraction of sp³-hybridized carbons (Fsp3) is 0.800. The van der Waals surface area contributed by atoms with E-state index in [1.807, 2.05) is 6.92 Å². The molecule has 4 heteroatoms. The van der Waals surface area contributed by atoms with Crippen molar-refractivity contribution in [3.05, 3.63) is 0 Å². The minimum absolute atomic E-state index is 0.0149. The molecule has 1 atom stereocenters. The monoisotopic (exact) mass is 200 g/mol. The van der Waals surface area contributed by atoms with Gasteiger partial charge in [-0.2, -0.15) is 0 Å². The highest BCUT2D eigenvalue weighted by atomic mass is 16.1. The summed E-state index contributed by atoms with van der Waals surface area (Å²) in [5, 5.41) is 2.70. The Morgan fingerprint density at radius 2 is 2.00 bits per heavy atom. The smallest absolute Gasteiger partial charge is 0.216 e. The van der Waals surface area contributed by atoms with Crippen LogP contribution in [0.4, 0.5) is 0 Å². The summed E-state index contributed by atoms with van der Waals surface area (Å²) < 4.78 is 0. The van der Waals surface area contributed by atoms with Gasteiger partial charge in [0.1, 0.15) is 5.78 Å². The molecule has 0 aliphatic rings. The molecule has 0 rings (SSSR count). The van der Waals surface area contributed by atoms with Crippen LogP contribution in [0.15, 0.2) is 0 Å². The molecule has 0 saturated carbocycles. The third-order valence-corrected chi connectivity index (χ3v) is 2.08. The van der Waals surface area contributed by atoms with E-state index in [4.69, 9.17) is 5.73 Å². The average Bonchev–Trinajstić information content (AvgIpc) is 2.15. The number of Topliss-reactive ketones (excluding diaryl/α,β-unsaturated/α-hetero) is 1. The molecular formula is C10H20N2O2. The molecule has 14 heavy (non-hydrogen) atoms. The number of hydrogen-bond donors (Lipinski definition) is 2. The Hall–Kier alpha value is -0.900. The summed E-state index contributed by atoms with van der Waals surface area (Å²) in [4.78, 5) is 21.6. The van der Waals surface area contributed by atoms with Crippen LogP contribution in [0.1, 0.15) is 39.5 Å². The molecule has 0 heterocycles. The molecule has 82 valence electrons. The standard InChI is InChI=1S/C10H20N2O2/c1-3-10(14)9(11)6-4-5-7-12-8(2)13/h9H,3-7,11H2,1-2H3,(H,12,13)/t9-/m0/s1. The normalized spacial score (nSPS) is 12.2. The van der Waals surface area contributed by atoms with Crippen LogP contribution in [0.5, 0.6) is 0 Å². The number of ketones is 1. The molecule has 0 aromatic rings. The maximum Gasteiger partial charge on any atom is 0.216 e. The lowest BCUT2D eigenvalue weighted by Gasteiger charge is -2.08. The third-order valence-electron chi connectivity index (χ3n) is 2.08. The molecule has 0 fully saturated rings. The van der Waals surface area contributed by atoms with Gasteiger partial charge in [-0.15, -0.1) is 0 Å². The Bertz CT molecular complexity index is 193. The summed E-state index contributed by atoms with van der Waals surface area (Å²) in [6.45, 7) is 3.98. The van der Waals surface area contributed by atoms with E-state index in [9.17, 15) is 9.59 Å². The van der Waals surface area contributed by atoms with Crippen molar-refractivity contribution in [3.63, 3.8) is 0 Å². The molecule has 0 spiro atoms. The molecule has 0 aromatic carbocycles. The lowest BCUT2D eigenvalue weighted by molar-refractivity contribution is -0.120. The average molecular weight is 200 g/mol. The second-order valence-electron chi connectivity index (χ2n) is 3.41. The van der Waals surface area contributed by atoms with E-state index in [2.05, 4.69) is 5.32 Å². The van der Waals surface area contributed by atoms with Gasteiger partial charge in [-0.3, -0.25) is 9.59 Å². The number of carbonyl (C=O) groups is 2. The van der Waals surface area contributed by atoms with E-state index in [0.717, 1.165) is 12.8 Å². The Balaban J connectivity index is 3.36. The zero-order valence-electron chi connectivity index (χ0n) is 9.01. The van der Waals surface area contributed by atoms with Crippen molar-refractivity contribution < 1.29 is 9.59 Å². The van der Waals surface area contributed by atoms with Crippen LogP contribution >= 0.6 is 0 Å². The molecular weight excluding hydrogens is 180 g/mol. The third kappa shape index (κ3) is 6.60. The van der Waals surface area contributed by atoms with E-state index in [1.165, 1.54) is 6.92 Å². The molecule has 3 N–H and O–H groups in total. The lowest BCUT2D eigenvalue weighted by Crippen LogP contribution is -2.30. The molecule has 0 aliphatic carbocycles. The SMILES string of the molecule is CCC(=O)[C@@H](N)CCCCNC(C)=O. The van der Waals surface area contributed by atoms with Crippen molar-refractivity contribution in [2.24, 2.45) is 5.73 Å². The minimum atomic E-state index is -0.322. The van der Waals surface area contributed by atoms with E-state index in [-0.39, 0.29) is 17.7 Å². The zero-order chi connectivity index (χ0) is 11.0. The predicted molar refractivity (Wildman–Crippen MR) is 55.8 cm³/mol. The van der Waals surface area contributed by atoms with Gasteiger partial charge < -0.3 is 11.1 Å². The number of nitrogens with two attached hydrogens (primary N) is 1. The molecule has 1 amide bonds. The first-order valence-corrected chi connectivity index (χ1v) is 5.10. The molecule has 0 aromatic heterocycles. The van der Waals surface area contributed by atoms with Crippen LogP contribution in [0.3, 0.4) is 0 Å². The van der Waals surface area contributed by atoms with Gasteiger partial charge in [0.05, 0.1) is 6.04 Å². The molecule has 4 nitrogen and oxygen atoms in total. The van der Waals surface area contributed by atoms with Gasteiger partial charge >= 0.3 is 0 Å². The van der Waals surface area contributed by atoms with Crippen LogP contribution in [0.2, 0.25) is 0 Å². The zero-order valence-corrected chi connectivity index (χ0v) is 9.01. The van der Waals surface area contributed by atoms with Gasteiger partial charge in [0.2, 0.25) is 5.91 Å². The summed E-state index contributed by atoms with van der Waals surface area (Å²) in [6.07, 6.45) is 2.98. The van der Waals surface area contributed by atoms with Crippen molar-refractivity contribution in [3.8, 4) is 0 Å². The molecule has 0 saturated heterocycles. The molecule has 0 radical (unpaired) electrons. The van der Waals surface area contributed by atoms with Gasteiger partial charge in [0.15, 0.2) is 0 Å². The number of hydrogen-bond acceptors (Lipinski definition) is 3. The number of amides is 1. The fourth-order valence-electron chi connectivity index (χ4n) is 1.18. The van der Waals surface area contributed by atoms with Crippen LogP contribution in [-0.2, 0) is 9.59 Å². The quantitative estimate of drug-likeness (QED) is 0.591. The second kappa shape index (κ2) is 7.50. The number of carbonyl (C=O) groups excluding carboxylic acids is 2. The lowest BCUT2D eigenvalue weighted by atomic mass is 10.0. The highest BCUT2D eigenvalue weighted by Gasteiger charge is 2.09. The van der Waals surface area contributed by atoms with E-state index in [0.29, 0.717) is 19.4 Å². The summed E-state index contributed by atoms with van der Waals surface area (Å²) in [5.41, 5.74) is 5.63. The van der Waals surface area contributed by atoms with Crippen molar-refractivity contribution >= 4 is 11.7 Å². The highest BCUT2D eigenvalue weighted by molar-refractivity contribution is 5.83. The van der Waals surface area contributed by atoms with E-state index >= 15 is 0 Å². The van der Waals surface area contributed by atoms with Gasteiger partial charge in [-0.1, -0.05) is 6.92 Å². The van der Waals surface area contributed by atoms with E-state index in [1.54, 1.807) is 0 Å². The first kappa shape index (κ1) is 13.1. The predicted octanol–water partition coefficient (Wildman–Crippen LogP) is 0.599. The van der Waals surface area contributed by atoms with Crippen LogP contribution < -0.4 is 11.1 Å². The summed E-state index contributed by atoms with van der Waals surface area (Å²) in [5.74, 6) is 0.100. The van der Waals surface area contributed by atoms with Crippen LogP contribution in [0, 0.1) is 0 Å². The van der Waals surface area contributed by atoms with Gasteiger partial charge in [-0.05, 0) is 19.3 Å². The highest BCUT2D eigenvalue weighted by Crippen LogP contribution is 2.00. The Labute approximate surface area is 85.2 Å². The van der Waals surface area contributed by atoms with Gasteiger partial charge in [0.25, 0.3) is 0 Å². The summed E-state index contributed by atoms with van der Waals surface area (Å²) >= 11 is 0. The first-order valence-electron chi connectivity index (χ1n) is 5.10. The Morgan fingerprint density at radius 1 is 1.36 bits per heavy atom. The van der Waals surface area contributed by atoms with Gasteiger partial charge in [-0.25, -0.2) is 0 Å². The maximum atomic E-state index is 11.1. The van der Waals surface area contributed by atoms with Crippen LogP contribution in [0.25, 0.3) is 0 Å². The summed E-state index contributed by atoms with van der Waals surface area (Å²) in [6, 6.07) is -0.322. The van der Waals surface area contributed by atoms with Crippen molar-refractivity contribution in [1.82, 2.24) is 5.32 Å². The second-order valence-corrected chi connectivity index (χ2v) is 3.41. The molecule has 0 aliphatic heterocycles. The Kier molecular flexibility index (Phi) is 7.02. The van der Waals surface area contributed by atoms with Crippen LogP contribution in [-0.4, -0.2) is 24.3 Å². The number of unbranched alkanes of at least 4 members (excludes halogenated alkanes) is 1. The number of nitrogens with one attached hydrogen (secondary N) is 1. The van der Waals surface area contributed by atoms with Crippen molar-refractivity contribution in [2.75, 3.05) is 6.54 Å². The summed E-state index contributed by atoms with van der Waals surface area (Å²) in [7, 11) is 0. The van der Waals surface area contributed by atoms with E-state index < -0.39 is 0 Å². The first-order chi connectivity index (χ1) is 6.57. The van der Waals surface area contributed by atoms with Crippen molar-refractivity contribution in [1.29, 1.82) is 0 Å². The van der Waals surface area contributed by atoms with Gasteiger partial charge in [0, 0.05) is 19.9 Å². The minimum Gasteiger partial charge on any atom is -0.356 e. The topological polar surface area (TPSA) is 72.2 Å².